The van der Waals surface area contributed by atoms with Crippen LogP contribution >= 0.6 is 0 Å². The number of hydrogen-bond acceptors (Lipinski definition) is 4. The Balaban J connectivity index is 1.86. The minimum absolute atomic E-state index is 0.168. The number of carbonyl (C=O) groups is 2. The van der Waals surface area contributed by atoms with Gasteiger partial charge in [0.2, 0.25) is 5.56 Å². The first kappa shape index (κ1) is 17.7. The number of ether oxygens (including phenoxy) is 1. The number of nitrogens with zero attached hydrogens (tertiary/aromatic N) is 1. The molecule has 0 radical (unpaired) electrons. The fraction of sp³-hybridized carbons (Fsp3) is 0.611. The number of pyridine rings is 1. The molecule has 7 nitrogen and oxygen atoms in total. The molecule has 1 aromatic rings. The van der Waals surface area contributed by atoms with Crippen molar-refractivity contribution in [1.29, 1.82) is 0 Å². The lowest BCUT2D eigenvalue weighted by Gasteiger charge is -2.33. The Labute approximate surface area is 146 Å². The minimum Gasteiger partial charge on any atom is -0.481 e. The quantitative estimate of drug-likeness (QED) is 0.850. The van der Waals surface area contributed by atoms with Gasteiger partial charge in [0.25, 0.3) is 5.91 Å². The standard InChI is InChI=1S/C18H24N2O5/c1-11(2)5-14-6-12(7-15(21)19-14)16(22)20-8-13-9-25-4-3-18(13,10-20)17(23)24/h6-7,11,13H,3-5,8-10H2,1-2H3,(H,19,21)(H,23,24)/t13-,18+/m0/s1. The third-order valence-corrected chi connectivity index (χ3v) is 5.20. The second kappa shape index (κ2) is 6.63. The highest BCUT2D eigenvalue weighted by atomic mass is 16.5. The summed E-state index contributed by atoms with van der Waals surface area (Å²) < 4.78 is 5.42. The lowest BCUT2D eigenvalue weighted by molar-refractivity contribution is -0.157. The van der Waals surface area contributed by atoms with Crippen molar-refractivity contribution < 1.29 is 19.4 Å². The van der Waals surface area contributed by atoms with Gasteiger partial charge >= 0.3 is 5.97 Å². The summed E-state index contributed by atoms with van der Waals surface area (Å²) in [6, 6.07) is 2.99. The number of rotatable bonds is 4. The van der Waals surface area contributed by atoms with E-state index in [9.17, 15) is 19.5 Å². The van der Waals surface area contributed by atoms with E-state index in [2.05, 4.69) is 4.98 Å². The van der Waals surface area contributed by atoms with E-state index < -0.39 is 11.4 Å². The summed E-state index contributed by atoms with van der Waals surface area (Å²) in [4.78, 5) is 40.9. The molecule has 1 aromatic heterocycles. The summed E-state index contributed by atoms with van der Waals surface area (Å²) in [5.41, 5.74) is -0.205. The molecule has 7 heteroatoms. The number of carboxylic acid groups (broad SMARTS) is 1. The maximum absolute atomic E-state index is 12.9. The normalized spacial score (nSPS) is 25.9. The predicted molar refractivity (Wildman–Crippen MR) is 90.5 cm³/mol. The van der Waals surface area contributed by atoms with Gasteiger partial charge in [-0.15, -0.1) is 0 Å². The third kappa shape index (κ3) is 3.33. The molecule has 25 heavy (non-hydrogen) atoms. The van der Waals surface area contributed by atoms with Crippen LogP contribution in [0, 0.1) is 17.3 Å². The van der Waals surface area contributed by atoms with Crippen molar-refractivity contribution in [1.82, 2.24) is 9.88 Å². The Morgan fingerprint density at radius 2 is 2.20 bits per heavy atom. The number of amides is 1. The number of aromatic nitrogens is 1. The van der Waals surface area contributed by atoms with Crippen LogP contribution in [0.5, 0.6) is 0 Å². The molecule has 2 atom stereocenters. The Hall–Kier alpha value is -2.15. The first-order chi connectivity index (χ1) is 11.8. The molecule has 0 bridgehead atoms. The largest absolute Gasteiger partial charge is 0.481 e. The smallest absolute Gasteiger partial charge is 0.311 e. The molecule has 0 aromatic carbocycles. The number of carboxylic acids is 1. The molecule has 0 unspecified atom stereocenters. The number of likely N-dealkylation sites (tertiary alicyclic amines) is 1. The van der Waals surface area contributed by atoms with E-state index in [1.54, 1.807) is 11.0 Å². The Morgan fingerprint density at radius 1 is 1.44 bits per heavy atom. The molecule has 2 aliphatic rings. The van der Waals surface area contributed by atoms with Gasteiger partial charge < -0.3 is 19.7 Å². The van der Waals surface area contributed by atoms with Crippen molar-refractivity contribution in [2.24, 2.45) is 17.3 Å². The van der Waals surface area contributed by atoms with Crippen LogP contribution in [0.3, 0.4) is 0 Å². The Kier molecular flexibility index (Phi) is 4.69. The van der Waals surface area contributed by atoms with E-state index in [4.69, 9.17) is 4.74 Å². The molecule has 2 fully saturated rings. The van der Waals surface area contributed by atoms with Crippen LogP contribution in [0.2, 0.25) is 0 Å². The third-order valence-electron chi connectivity index (χ3n) is 5.20. The van der Waals surface area contributed by atoms with Crippen LogP contribution in [-0.2, 0) is 16.0 Å². The highest BCUT2D eigenvalue weighted by Crippen LogP contribution is 2.42. The summed E-state index contributed by atoms with van der Waals surface area (Å²) in [6.07, 6.45) is 1.08. The first-order valence-electron chi connectivity index (χ1n) is 8.65. The van der Waals surface area contributed by atoms with Gasteiger partial charge in [0, 0.05) is 42.9 Å². The molecule has 2 saturated heterocycles. The molecule has 1 amide bonds. The lowest BCUT2D eigenvalue weighted by Crippen LogP contribution is -2.45. The summed E-state index contributed by atoms with van der Waals surface area (Å²) >= 11 is 0. The topological polar surface area (TPSA) is 99.7 Å². The van der Waals surface area contributed by atoms with E-state index >= 15 is 0 Å². The van der Waals surface area contributed by atoms with Crippen LogP contribution in [0.15, 0.2) is 16.9 Å². The van der Waals surface area contributed by atoms with Gasteiger partial charge in [-0.25, -0.2) is 0 Å². The summed E-state index contributed by atoms with van der Waals surface area (Å²) in [7, 11) is 0. The van der Waals surface area contributed by atoms with Crippen molar-refractivity contribution in [3.05, 3.63) is 33.7 Å². The number of nitrogens with one attached hydrogen (secondary N) is 1. The number of H-pyrrole nitrogens is 1. The zero-order chi connectivity index (χ0) is 18.2. The number of aromatic amines is 1. The minimum atomic E-state index is -0.935. The van der Waals surface area contributed by atoms with Gasteiger partial charge in [0.1, 0.15) is 0 Å². The number of fused-ring (bicyclic) bond motifs is 1. The molecule has 0 saturated carbocycles. The molecule has 0 spiro atoms. The Bertz CT molecular complexity index is 741. The number of hydrogen-bond donors (Lipinski definition) is 2. The predicted octanol–water partition coefficient (Wildman–Crippen LogP) is 1.14. The molecule has 0 aliphatic carbocycles. The number of aliphatic carboxylic acids is 1. The van der Waals surface area contributed by atoms with Gasteiger partial charge in [-0.2, -0.15) is 0 Å². The molecule has 3 rings (SSSR count). The molecule has 2 N–H and O–H groups in total. The second-order valence-electron chi connectivity index (χ2n) is 7.53. The second-order valence-corrected chi connectivity index (χ2v) is 7.53. The maximum Gasteiger partial charge on any atom is 0.311 e. The first-order valence-corrected chi connectivity index (χ1v) is 8.65. The molecular formula is C18H24N2O5. The Morgan fingerprint density at radius 3 is 2.84 bits per heavy atom. The molecule has 136 valence electrons. The van der Waals surface area contributed by atoms with Gasteiger partial charge in [0.05, 0.1) is 12.0 Å². The van der Waals surface area contributed by atoms with E-state index in [0.717, 1.165) is 5.69 Å². The highest BCUT2D eigenvalue weighted by Gasteiger charge is 2.54. The summed E-state index contributed by atoms with van der Waals surface area (Å²) in [5, 5.41) is 9.71. The zero-order valence-corrected chi connectivity index (χ0v) is 14.6. The SMILES string of the molecule is CC(C)Cc1cc(C(=O)N2C[C@H]3COCC[C@@]3(C(=O)O)C2)cc(=O)[nH]1. The zero-order valence-electron chi connectivity index (χ0n) is 14.6. The van der Waals surface area contributed by atoms with E-state index in [0.29, 0.717) is 44.1 Å². The van der Waals surface area contributed by atoms with Crippen molar-refractivity contribution in [2.75, 3.05) is 26.3 Å². The van der Waals surface area contributed by atoms with Crippen molar-refractivity contribution >= 4 is 11.9 Å². The lowest BCUT2D eigenvalue weighted by atomic mass is 9.74. The summed E-state index contributed by atoms with van der Waals surface area (Å²) in [6.45, 7) is 5.33. The molecule has 3 heterocycles. The van der Waals surface area contributed by atoms with Gasteiger partial charge in [-0.3, -0.25) is 14.4 Å². The van der Waals surface area contributed by atoms with Crippen LogP contribution in [0.25, 0.3) is 0 Å². The van der Waals surface area contributed by atoms with E-state index in [1.165, 1.54) is 6.07 Å². The average Bonchev–Trinajstić information content (AvgIpc) is 2.93. The van der Waals surface area contributed by atoms with E-state index in [-0.39, 0.29) is 23.9 Å². The van der Waals surface area contributed by atoms with Crippen molar-refractivity contribution in [3.63, 3.8) is 0 Å². The van der Waals surface area contributed by atoms with Crippen LogP contribution in [0.1, 0.15) is 36.3 Å². The average molecular weight is 348 g/mol. The van der Waals surface area contributed by atoms with Crippen molar-refractivity contribution in [3.8, 4) is 0 Å². The molecule has 2 aliphatic heterocycles. The summed E-state index contributed by atoms with van der Waals surface area (Å²) in [5.74, 6) is -1.02. The molecular weight excluding hydrogens is 324 g/mol. The van der Waals surface area contributed by atoms with Crippen molar-refractivity contribution in [2.45, 2.75) is 26.7 Å². The fourth-order valence-corrected chi connectivity index (χ4v) is 3.91. The van der Waals surface area contributed by atoms with Crippen LogP contribution in [-0.4, -0.2) is 53.2 Å². The van der Waals surface area contributed by atoms with Gasteiger partial charge in [-0.1, -0.05) is 13.8 Å². The number of carbonyl (C=O) groups excluding carboxylic acids is 1. The van der Waals surface area contributed by atoms with Gasteiger partial charge in [0.15, 0.2) is 0 Å². The fourth-order valence-electron chi connectivity index (χ4n) is 3.91. The van der Waals surface area contributed by atoms with Crippen LogP contribution < -0.4 is 5.56 Å². The van der Waals surface area contributed by atoms with Crippen LogP contribution in [0.4, 0.5) is 0 Å². The van der Waals surface area contributed by atoms with Gasteiger partial charge in [-0.05, 0) is 24.8 Å². The van der Waals surface area contributed by atoms with E-state index in [1.807, 2.05) is 13.8 Å². The monoisotopic (exact) mass is 348 g/mol. The highest BCUT2D eigenvalue weighted by molar-refractivity contribution is 5.95. The maximum atomic E-state index is 12.9.